The molecule has 2 unspecified atom stereocenters. The van der Waals surface area contributed by atoms with Gasteiger partial charge in [-0.3, -0.25) is 24.5 Å². The summed E-state index contributed by atoms with van der Waals surface area (Å²) in [6, 6.07) is 11.5. The zero-order valence-corrected chi connectivity index (χ0v) is 19.1. The number of ether oxygens (including phenoxy) is 2. The Labute approximate surface area is 203 Å². The minimum atomic E-state index is -0.901. The van der Waals surface area contributed by atoms with E-state index in [2.05, 4.69) is 5.32 Å². The molecule has 0 aromatic heterocycles. The van der Waals surface area contributed by atoms with E-state index >= 15 is 0 Å². The number of carbonyl (C=O) groups is 4. The number of rotatable bonds is 6. The third kappa shape index (κ3) is 4.66. The van der Waals surface area contributed by atoms with Crippen LogP contribution >= 0.6 is 0 Å². The van der Waals surface area contributed by atoms with Crippen LogP contribution in [0.2, 0.25) is 0 Å². The van der Waals surface area contributed by atoms with Gasteiger partial charge in [0.2, 0.25) is 17.7 Å². The molecule has 0 aliphatic carbocycles. The molecule has 2 radical (unpaired) electrons. The molecule has 0 spiro atoms. The minimum absolute atomic E-state index is 0.211. The first-order chi connectivity index (χ1) is 16.9. The molecule has 3 aliphatic rings. The van der Waals surface area contributed by atoms with Gasteiger partial charge in [0.1, 0.15) is 26.2 Å². The number of benzene rings is 2. The number of hydrogen-bond donors (Lipinski definition) is 1. The number of fused-ring (bicyclic) bond motifs is 1. The maximum absolute atomic E-state index is 13.0. The molecule has 178 valence electrons. The Morgan fingerprint density at radius 3 is 2.60 bits per heavy atom. The number of carbonyl (C=O) groups excluding carboxylic acids is 4. The second kappa shape index (κ2) is 9.54. The molecule has 0 saturated carbocycles. The fourth-order valence-electron chi connectivity index (χ4n) is 4.62. The van der Waals surface area contributed by atoms with Crippen molar-refractivity contribution >= 4 is 31.5 Å². The Balaban J connectivity index is 1.23. The van der Waals surface area contributed by atoms with Crippen molar-refractivity contribution in [3.8, 4) is 5.75 Å². The molecule has 0 bridgehead atoms. The molecule has 2 atom stereocenters. The average molecular weight is 473 g/mol. The van der Waals surface area contributed by atoms with E-state index in [-0.39, 0.29) is 30.7 Å². The Kier molecular flexibility index (Phi) is 6.30. The summed E-state index contributed by atoms with van der Waals surface area (Å²) < 4.78 is 11.2. The van der Waals surface area contributed by atoms with Gasteiger partial charge in [-0.05, 0) is 29.7 Å². The van der Waals surface area contributed by atoms with Crippen LogP contribution in [0, 0.1) is 0 Å². The monoisotopic (exact) mass is 473 g/mol. The molecule has 5 rings (SSSR count). The second-order valence-electron chi connectivity index (χ2n) is 8.84. The van der Waals surface area contributed by atoms with Crippen LogP contribution in [-0.2, 0) is 38.8 Å². The van der Waals surface area contributed by atoms with Crippen LogP contribution in [0.25, 0.3) is 0 Å². The van der Waals surface area contributed by atoms with Gasteiger partial charge in [0.25, 0.3) is 5.91 Å². The van der Waals surface area contributed by atoms with Gasteiger partial charge in [0.15, 0.2) is 0 Å². The number of amides is 4. The molecule has 2 aromatic carbocycles. The zero-order valence-electron chi connectivity index (χ0n) is 19.1. The van der Waals surface area contributed by atoms with Gasteiger partial charge in [-0.15, -0.1) is 0 Å². The largest absolute Gasteiger partial charge is 0.489 e. The molecule has 2 aromatic rings. The first kappa shape index (κ1) is 23.1. The Bertz CT molecular complexity index is 1180. The molecular weight excluding hydrogens is 449 g/mol. The molecule has 2 fully saturated rings. The van der Waals surface area contributed by atoms with Crippen molar-refractivity contribution in [2.75, 3.05) is 13.2 Å². The molecule has 3 heterocycles. The van der Waals surface area contributed by atoms with E-state index in [0.29, 0.717) is 44.0 Å². The normalized spacial score (nSPS) is 22.3. The maximum Gasteiger partial charge on any atom is 0.255 e. The highest BCUT2D eigenvalue weighted by molar-refractivity contribution is 6.23. The van der Waals surface area contributed by atoms with Gasteiger partial charge < -0.3 is 19.3 Å². The summed E-state index contributed by atoms with van der Waals surface area (Å²) in [5, 5.41) is 2.31. The Morgan fingerprint density at radius 1 is 1.06 bits per heavy atom. The number of piperidine rings is 1. The van der Waals surface area contributed by atoms with E-state index in [1.807, 2.05) is 30.3 Å². The van der Waals surface area contributed by atoms with Crippen LogP contribution in [0.3, 0.4) is 0 Å². The van der Waals surface area contributed by atoms with Crippen LogP contribution in [0.15, 0.2) is 42.5 Å². The highest BCUT2D eigenvalue weighted by Crippen LogP contribution is 2.34. The van der Waals surface area contributed by atoms with E-state index in [1.54, 1.807) is 17.0 Å². The number of imide groups is 1. The van der Waals surface area contributed by atoms with Crippen LogP contribution in [-0.4, -0.2) is 66.5 Å². The van der Waals surface area contributed by atoms with Crippen molar-refractivity contribution in [1.29, 1.82) is 0 Å². The first-order valence-corrected chi connectivity index (χ1v) is 11.5. The van der Waals surface area contributed by atoms with Crippen molar-refractivity contribution in [2.24, 2.45) is 0 Å². The summed E-state index contributed by atoms with van der Waals surface area (Å²) in [6.07, 6.45) is 0.525. The van der Waals surface area contributed by atoms with Crippen LogP contribution in [0.1, 0.15) is 39.9 Å². The smallest absolute Gasteiger partial charge is 0.255 e. The molecule has 3 aliphatic heterocycles. The van der Waals surface area contributed by atoms with Gasteiger partial charge in [-0.1, -0.05) is 30.3 Å². The third-order valence-corrected chi connectivity index (χ3v) is 6.54. The number of hydrogen-bond acceptors (Lipinski definition) is 6. The lowest BCUT2D eigenvalue weighted by Gasteiger charge is -2.31. The van der Waals surface area contributed by atoms with E-state index in [1.165, 1.54) is 4.90 Å². The molecule has 35 heavy (non-hydrogen) atoms. The maximum atomic E-state index is 13.0. The number of nitrogens with zero attached hydrogens (tertiary/aromatic N) is 2. The van der Waals surface area contributed by atoms with E-state index in [4.69, 9.17) is 17.3 Å². The van der Waals surface area contributed by atoms with Crippen LogP contribution in [0.5, 0.6) is 5.75 Å². The van der Waals surface area contributed by atoms with Gasteiger partial charge in [0.05, 0.1) is 19.2 Å². The van der Waals surface area contributed by atoms with Crippen molar-refractivity contribution in [3.05, 3.63) is 64.7 Å². The quantitative estimate of drug-likeness (QED) is 0.494. The lowest BCUT2D eigenvalue weighted by atomic mass is 9.97. The fourth-order valence-corrected chi connectivity index (χ4v) is 4.62. The summed E-state index contributed by atoms with van der Waals surface area (Å²) in [6.45, 7) is 1.94. The zero-order chi connectivity index (χ0) is 24.5. The molecule has 9 nitrogen and oxygen atoms in total. The predicted octanol–water partition coefficient (Wildman–Crippen LogP) is 0.880. The fraction of sp³-hybridized carbons (Fsp3) is 0.360. The number of morpholine rings is 1. The summed E-state index contributed by atoms with van der Waals surface area (Å²) in [5.74, 6) is -0.622. The van der Waals surface area contributed by atoms with E-state index in [9.17, 15) is 19.2 Å². The Hall–Kier alpha value is -3.66. The topological polar surface area (TPSA) is 105 Å². The van der Waals surface area contributed by atoms with Crippen molar-refractivity contribution in [1.82, 2.24) is 15.1 Å². The standard InChI is InChI=1S/C25H24BN3O6/c26-22-25(33)28(10-11-34-22)12-15-4-6-16(7-5-15)14-35-20-3-1-2-17-18(20)13-29(24(17)32)19-8-9-21(30)27-23(19)31/h1-7,19,22H,8-14H2,(H,27,30,31). The third-order valence-electron chi connectivity index (χ3n) is 6.54. The van der Waals surface area contributed by atoms with Gasteiger partial charge in [0, 0.05) is 30.6 Å². The van der Waals surface area contributed by atoms with Gasteiger partial charge >= 0.3 is 0 Å². The summed E-state index contributed by atoms with van der Waals surface area (Å²) in [7, 11) is 5.66. The lowest BCUT2D eigenvalue weighted by Crippen LogP contribution is -2.52. The predicted molar refractivity (Wildman–Crippen MR) is 124 cm³/mol. The van der Waals surface area contributed by atoms with Gasteiger partial charge in [-0.2, -0.15) is 0 Å². The van der Waals surface area contributed by atoms with E-state index < -0.39 is 18.0 Å². The SMILES string of the molecule is [B]C1OCCN(Cc2ccc(COc3cccc4c3CN(C3CCC(=O)NC3=O)C4=O)cc2)C1=O. The van der Waals surface area contributed by atoms with E-state index in [0.717, 1.165) is 16.7 Å². The lowest BCUT2D eigenvalue weighted by molar-refractivity contribution is -0.147. The molecule has 4 amide bonds. The summed E-state index contributed by atoms with van der Waals surface area (Å²) >= 11 is 0. The molecular formula is C25H24BN3O6. The summed E-state index contributed by atoms with van der Waals surface area (Å²) in [4.78, 5) is 52.0. The summed E-state index contributed by atoms with van der Waals surface area (Å²) in [5.41, 5.74) is 3.15. The second-order valence-corrected chi connectivity index (χ2v) is 8.84. The number of nitrogens with one attached hydrogen (secondary N) is 1. The van der Waals surface area contributed by atoms with Crippen LogP contribution < -0.4 is 10.1 Å². The highest BCUT2D eigenvalue weighted by Gasteiger charge is 2.40. The van der Waals surface area contributed by atoms with Crippen molar-refractivity contribution in [3.63, 3.8) is 0 Å². The van der Waals surface area contributed by atoms with Crippen molar-refractivity contribution in [2.45, 2.75) is 44.6 Å². The average Bonchev–Trinajstić information content (AvgIpc) is 3.18. The van der Waals surface area contributed by atoms with Crippen LogP contribution in [0.4, 0.5) is 0 Å². The minimum Gasteiger partial charge on any atom is -0.489 e. The molecule has 10 heteroatoms. The van der Waals surface area contributed by atoms with Gasteiger partial charge in [-0.25, -0.2) is 0 Å². The Morgan fingerprint density at radius 2 is 1.83 bits per heavy atom. The highest BCUT2D eigenvalue weighted by atomic mass is 16.5. The molecule has 2 saturated heterocycles. The van der Waals surface area contributed by atoms with Crippen molar-refractivity contribution < 1.29 is 28.7 Å². The first-order valence-electron chi connectivity index (χ1n) is 11.5. The molecule has 1 N–H and O–H groups in total.